The van der Waals surface area contributed by atoms with Crippen LogP contribution in [0, 0.1) is 5.82 Å². The van der Waals surface area contributed by atoms with Crippen molar-refractivity contribution in [3.8, 4) is 0 Å². The number of halogens is 2. The number of rotatable bonds is 3. The van der Waals surface area contributed by atoms with E-state index in [0.717, 1.165) is 5.69 Å². The van der Waals surface area contributed by atoms with Gasteiger partial charge in [-0.3, -0.25) is 0 Å². The molecular formula is C9H9ClFN. The quantitative estimate of drug-likeness (QED) is 0.764. The Morgan fingerprint density at radius 2 is 2.33 bits per heavy atom. The molecule has 3 heteroatoms. The molecule has 0 aliphatic heterocycles. The topological polar surface area (TPSA) is 12.0 Å². The van der Waals surface area contributed by atoms with Crippen LogP contribution < -0.4 is 5.32 Å². The van der Waals surface area contributed by atoms with Crippen molar-refractivity contribution >= 4 is 17.3 Å². The number of hydrogen-bond donors (Lipinski definition) is 1. The molecule has 1 aromatic carbocycles. The molecule has 64 valence electrons. The van der Waals surface area contributed by atoms with Crippen molar-refractivity contribution in [1.29, 1.82) is 0 Å². The summed E-state index contributed by atoms with van der Waals surface area (Å²) in [5, 5.41) is 2.98. The minimum absolute atomic E-state index is 0.241. The summed E-state index contributed by atoms with van der Waals surface area (Å²) in [5.74, 6) is -0.241. The van der Waals surface area contributed by atoms with E-state index < -0.39 is 0 Å². The molecule has 12 heavy (non-hydrogen) atoms. The third-order valence-electron chi connectivity index (χ3n) is 1.34. The Bertz CT molecular complexity index is 273. The largest absolute Gasteiger partial charge is 0.381 e. The van der Waals surface area contributed by atoms with Gasteiger partial charge < -0.3 is 5.32 Å². The Hall–Kier alpha value is -1.02. The highest BCUT2D eigenvalue weighted by molar-refractivity contribution is 6.25. The van der Waals surface area contributed by atoms with Crippen molar-refractivity contribution in [3.63, 3.8) is 0 Å². The van der Waals surface area contributed by atoms with Gasteiger partial charge in [-0.25, -0.2) is 4.39 Å². The molecule has 0 atom stereocenters. The van der Waals surface area contributed by atoms with E-state index in [0.29, 0.717) is 6.54 Å². The maximum atomic E-state index is 12.6. The van der Waals surface area contributed by atoms with Gasteiger partial charge in [-0.1, -0.05) is 23.7 Å². The van der Waals surface area contributed by atoms with Crippen molar-refractivity contribution in [2.24, 2.45) is 0 Å². The number of hydrogen-bond acceptors (Lipinski definition) is 1. The SMILES string of the molecule is Fc1cccc(NC/C=C/Cl)c1. The summed E-state index contributed by atoms with van der Waals surface area (Å²) < 4.78 is 12.6. The molecule has 0 unspecified atom stereocenters. The molecule has 0 fully saturated rings. The van der Waals surface area contributed by atoms with Crippen LogP contribution in [0.25, 0.3) is 0 Å². The predicted octanol–water partition coefficient (Wildman–Crippen LogP) is 2.99. The summed E-state index contributed by atoms with van der Waals surface area (Å²) in [7, 11) is 0. The van der Waals surface area contributed by atoms with Gasteiger partial charge in [0.25, 0.3) is 0 Å². The van der Waals surface area contributed by atoms with Gasteiger partial charge in [0.15, 0.2) is 0 Å². The van der Waals surface area contributed by atoms with Crippen LogP contribution in [0.15, 0.2) is 35.9 Å². The average Bonchev–Trinajstić information content (AvgIpc) is 2.05. The lowest BCUT2D eigenvalue weighted by atomic mass is 10.3. The third-order valence-corrected chi connectivity index (χ3v) is 1.52. The van der Waals surface area contributed by atoms with E-state index in [1.165, 1.54) is 17.7 Å². The Labute approximate surface area is 75.9 Å². The van der Waals surface area contributed by atoms with Crippen LogP contribution in [0.1, 0.15) is 0 Å². The van der Waals surface area contributed by atoms with Gasteiger partial charge in [0.1, 0.15) is 5.82 Å². The van der Waals surface area contributed by atoms with Crippen molar-refractivity contribution in [2.75, 3.05) is 11.9 Å². The lowest BCUT2D eigenvalue weighted by Crippen LogP contribution is -1.97. The van der Waals surface area contributed by atoms with Crippen LogP contribution in [0.2, 0.25) is 0 Å². The van der Waals surface area contributed by atoms with E-state index >= 15 is 0 Å². The molecule has 1 N–H and O–H groups in total. The highest BCUT2D eigenvalue weighted by Gasteiger charge is 1.90. The van der Waals surface area contributed by atoms with Crippen LogP contribution in [-0.2, 0) is 0 Å². The van der Waals surface area contributed by atoms with Crippen molar-refractivity contribution in [3.05, 3.63) is 41.7 Å². The predicted molar refractivity (Wildman–Crippen MR) is 49.9 cm³/mol. The summed E-state index contributed by atoms with van der Waals surface area (Å²) in [6.07, 6.45) is 1.74. The van der Waals surface area contributed by atoms with Gasteiger partial charge >= 0.3 is 0 Å². The molecule has 0 aromatic heterocycles. The van der Waals surface area contributed by atoms with E-state index in [1.54, 1.807) is 18.2 Å². The Kier molecular flexibility index (Phi) is 3.61. The summed E-state index contributed by atoms with van der Waals surface area (Å²) in [5.41, 5.74) is 2.18. The van der Waals surface area contributed by atoms with Crippen LogP contribution >= 0.6 is 11.6 Å². The summed E-state index contributed by atoms with van der Waals surface area (Å²) in [4.78, 5) is 0. The fourth-order valence-electron chi connectivity index (χ4n) is 0.820. The highest BCUT2D eigenvalue weighted by Crippen LogP contribution is 2.08. The van der Waals surface area contributed by atoms with E-state index in [2.05, 4.69) is 5.32 Å². The lowest BCUT2D eigenvalue weighted by molar-refractivity contribution is 0.628. The first-order valence-corrected chi connectivity index (χ1v) is 4.01. The number of benzene rings is 1. The van der Waals surface area contributed by atoms with Crippen LogP contribution in [0.3, 0.4) is 0 Å². The van der Waals surface area contributed by atoms with Crippen LogP contribution in [0.4, 0.5) is 10.1 Å². The number of nitrogens with one attached hydrogen (secondary N) is 1. The molecule has 0 heterocycles. The van der Waals surface area contributed by atoms with Crippen molar-refractivity contribution in [1.82, 2.24) is 0 Å². The molecule has 1 nitrogen and oxygen atoms in total. The van der Waals surface area contributed by atoms with Crippen LogP contribution in [0.5, 0.6) is 0 Å². The lowest BCUT2D eigenvalue weighted by Gasteiger charge is -2.01. The first-order valence-electron chi connectivity index (χ1n) is 3.57. The van der Waals surface area contributed by atoms with E-state index in [9.17, 15) is 4.39 Å². The van der Waals surface area contributed by atoms with Gasteiger partial charge in [-0.2, -0.15) is 0 Å². The molecule has 0 amide bonds. The first-order chi connectivity index (χ1) is 5.83. The Morgan fingerprint density at radius 1 is 1.50 bits per heavy atom. The van der Waals surface area contributed by atoms with Crippen molar-refractivity contribution < 1.29 is 4.39 Å². The normalized spacial score (nSPS) is 10.5. The Balaban J connectivity index is 2.52. The molecule has 0 bridgehead atoms. The van der Waals surface area contributed by atoms with Crippen molar-refractivity contribution in [2.45, 2.75) is 0 Å². The molecule has 0 spiro atoms. The first kappa shape index (κ1) is 9.07. The third kappa shape index (κ3) is 2.93. The fraction of sp³-hybridized carbons (Fsp3) is 0.111. The highest BCUT2D eigenvalue weighted by atomic mass is 35.5. The second-order valence-electron chi connectivity index (χ2n) is 2.25. The molecule has 1 aromatic rings. The summed E-state index contributed by atoms with van der Waals surface area (Å²) >= 11 is 5.30. The van der Waals surface area contributed by atoms with E-state index in [1.807, 2.05) is 0 Å². The van der Waals surface area contributed by atoms with E-state index in [4.69, 9.17) is 11.6 Å². The molecular weight excluding hydrogens is 177 g/mol. The fourth-order valence-corrected chi connectivity index (χ4v) is 0.909. The van der Waals surface area contributed by atoms with Crippen LogP contribution in [-0.4, -0.2) is 6.54 Å². The van der Waals surface area contributed by atoms with Gasteiger partial charge in [-0.05, 0) is 18.2 Å². The average molecular weight is 186 g/mol. The minimum atomic E-state index is -0.241. The van der Waals surface area contributed by atoms with Gasteiger partial charge in [0, 0.05) is 17.8 Å². The van der Waals surface area contributed by atoms with Gasteiger partial charge in [0.05, 0.1) is 0 Å². The molecule has 1 rings (SSSR count). The zero-order chi connectivity index (χ0) is 8.81. The smallest absolute Gasteiger partial charge is 0.125 e. The monoisotopic (exact) mass is 185 g/mol. The standard InChI is InChI=1S/C9H9ClFN/c10-5-2-6-12-9-4-1-3-8(11)7-9/h1-5,7,12H,6H2/b5-2+. The minimum Gasteiger partial charge on any atom is -0.381 e. The molecule has 0 aliphatic rings. The summed E-state index contributed by atoms with van der Waals surface area (Å²) in [6.45, 7) is 0.604. The summed E-state index contributed by atoms with van der Waals surface area (Å²) in [6, 6.07) is 6.29. The maximum absolute atomic E-state index is 12.6. The zero-order valence-corrected chi connectivity index (χ0v) is 7.18. The Morgan fingerprint density at radius 3 is 3.00 bits per heavy atom. The zero-order valence-electron chi connectivity index (χ0n) is 6.43. The molecule has 0 saturated carbocycles. The van der Waals surface area contributed by atoms with E-state index in [-0.39, 0.29) is 5.82 Å². The number of anilines is 1. The van der Waals surface area contributed by atoms with Gasteiger partial charge in [0.2, 0.25) is 0 Å². The second-order valence-corrected chi connectivity index (χ2v) is 2.50. The second kappa shape index (κ2) is 4.78. The molecule has 0 saturated heterocycles. The van der Waals surface area contributed by atoms with Gasteiger partial charge in [-0.15, -0.1) is 0 Å². The maximum Gasteiger partial charge on any atom is 0.125 e. The molecule has 0 radical (unpaired) electrons. The molecule has 0 aliphatic carbocycles.